The number of likely N-dealkylation sites (tertiary alicyclic amines) is 1. The molecule has 0 amide bonds. The van der Waals surface area contributed by atoms with Crippen LogP contribution in [-0.2, 0) is 0 Å². The molecule has 12 heavy (non-hydrogen) atoms. The van der Waals surface area contributed by atoms with Gasteiger partial charge in [-0.1, -0.05) is 0 Å². The van der Waals surface area contributed by atoms with Gasteiger partial charge < -0.3 is 10.0 Å². The molecule has 0 radical (unpaired) electrons. The van der Waals surface area contributed by atoms with E-state index >= 15 is 0 Å². The number of hydrogen-bond acceptors (Lipinski definition) is 3. The fraction of sp³-hybridized carbons (Fsp3) is 1.00. The fourth-order valence-electron chi connectivity index (χ4n) is 2.56. The number of rotatable bonds is 0. The first-order valence-corrected chi connectivity index (χ1v) is 4.75. The van der Waals surface area contributed by atoms with Gasteiger partial charge >= 0.3 is 0 Å². The molecule has 2 saturated heterocycles. The van der Waals surface area contributed by atoms with Crippen molar-refractivity contribution in [3.8, 4) is 0 Å². The molecule has 0 aromatic rings. The first kappa shape index (κ1) is 8.48. The summed E-state index contributed by atoms with van der Waals surface area (Å²) in [6, 6.07) is 1.16. The SMILES string of the molecule is CN1CC2CC(O)CC(C1)N2C. The van der Waals surface area contributed by atoms with Crippen molar-refractivity contribution in [2.24, 2.45) is 0 Å². The molecule has 0 aromatic carbocycles. The summed E-state index contributed by atoms with van der Waals surface area (Å²) in [4.78, 5) is 4.81. The fourth-order valence-corrected chi connectivity index (χ4v) is 2.56. The van der Waals surface area contributed by atoms with Gasteiger partial charge in [-0.05, 0) is 26.9 Å². The van der Waals surface area contributed by atoms with Gasteiger partial charge in [0.15, 0.2) is 0 Å². The Bertz CT molecular complexity index is 144. The molecule has 1 N–H and O–H groups in total. The van der Waals surface area contributed by atoms with E-state index in [9.17, 15) is 5.11 Å². The van der Waals surface area contributed by atoms with E-state index in [2.05, 4.69) is 23.9 Å². The lowest BCUT2D eigenvalue weighted by Gasteiger charge is -2.48. The zero-order chi connectivity index (χ0) is 8.72. The van der Waals surface area contributed by atoms with Crippen molar-refractivity contribution in [1.82, 2.24) is 9.80 Å². The number of aliphatic hydroxyl groups is 1. The average molecular weight is 170 g/mol. The van der Waals surface area contributed by atoms with Crippen LogP contribution in [0, 0.1) is 0 Å². The molecule has 3 heteroatoms. The summed E-state index contributed by atoms with van der Waals surface area (Å²) in [6.45, 7) is 2.23. The van der Waals surface area contributed by atoms with E-state index in [0.717, 1.165) is 25.9 Å². The summed E-state index contributed by atoms with van der Waals surface area (Å²) in [6.07, 6.45) is 1.86. The number of fused-ring (bicyclic) bond motifs is 2. The highest BCUT2D eigenvalue weighted by Gasteiger charge is 2.37. The van der Waals surface area contributed by atoms with Crippen LogP contribution >= 0.6 is 0 Å². The van der Waals surface area contributed by atoms with Gasteiger partial charge in [0.2, 0.25) is 0 Å². The quantitative estimate of drug-likeness (QED) is 0.543. The summed E-state index contributed by atoms with van der Waals surface area (Å²) in [5, 5.41) is 9.57. The summed E-state index contributed by atoms with van der Waals surface area (Å²) >= 11 is 0. The molecule has 2 aliphatic heterocycles. The van der Waals surface area contributed by atoms with E-state index in [-0.39, 0.29) is 6.10 Å². The molecule has 0 aromatic heterocycles. The van der Waals surface area contributed by atoms with Crippen molar-refractivity contribution in [3.63, 3.8) is 0 Å². The second-order valence-electron chi connectivity index (χ2n) is 4.32. The van der Waals surface area contributed by atoms with Crippen LogP contribution in [0.3, 0.4) is 0 Å². The van der Waals surface area contributed by atoms with Crippen LogP contribution in [0.2, 0.25) is 0 Å². The summed E-state index contributed by atoms with van der Waals surface area (Å²) < 4.78 is 0. The number of aliphatic hydroxyl groups excluding tert-OH is 1. The van der Waals surface area contributed by atoms with E-state index in [1.807, 2.05) is 0 Å². The minimum atomic E-state index is -0.0510. The van der Waals surface area contributed by atoms with Crippen LogP contribution in [0.4, 0.5) is 0 Å². The molecule has 2 unspecified atom stereocenters. The van der Waals surface area contributed by atoms with Crippen molar-refractivity contribution in [2.75, 3.05) is 27.2 Å². The highest BCUT2D eigenvalue weighted by atomic mass is 16.3. The molecular formula is C9H18N2O. The van der Waals surface area contributed by atoms with Crippen molar-refractivity contribution in [2.45, 2.75) is 31.0 Å². The Hall–Kier alpha value is -0.120. The Morgan fingerprint density at radius 3 is 2.08 bits per heavy atom. The maximum atomic E-state index is 9.57. The predicted octanol–water partition coefficient (Wildman–Crippen LogP) is -0.245. The molecule has 3 nitrogen and oxygen atoms in total. The smallest absolute Gasteiger partial charge is 0.0571 e. The number of piperidine rings is 1. The molecule has 2 bridgehead atoms. The van der Waals surface area contributed by atoms with Gasteiger partial charge in [0, 0.05) is 25.2 Å². The van der Waals surface area contributed by atoms with Gasteiger partial charge in [-0.3, -0.25) is 4.90 Å². The lowest BCUT2D eigenvalue weighted by Crippen LogP contribution is -2.60. The Morgan fingerprint density at radius 1 is 1.08 bits per heavy atom. The lowest BCUT2D eigenvalue weighted by molar-refractivity contribution is -0.0359. The van der Waals surface area contributed by atoms with Gasteiger partial charge in [0.05, 0.1) is 6.10 Å². The van der Waals surface area contributed by atoms with Gasteiger partial charge in [-0.25, -0.2) is 0 Å². The number of nitrogens with zero attached hydrogens (tertiary/aromatic N) is 2. The van der Waals surface area contributed by atoms with Gasteiger partial charge in [-0.15, -0.1) is 0 Å². The van der Waals surface area contributed by atoms with E-state index in [1.165, 1.54) is 0 Å². The third-order valence-electron chi connectivity index (χ3n) is 3.29. The first-order chi connectivity index (χ1) is 5.66. The van der Waals surface area contributed by atoms with Crippen molar-refractivity contribution >= 4 is 0 Å². The molecule has 2 heterocycles. The zero-order valence-electron chi connectivity index (χ0n) is 7.90. The van der Waals surface area contributed by atoms with Crippen molar-refractivity contribution in [3.05, 3.63) is 0 Å². The molecule has 0 saturated carbocycles. The molecule has 0 spiro atoms. The third kappa shape index (κ3) is 1.37. The number of likely N-dealkylation sites (N-methyl/N-ethyl adjacent to an activating group) is 2. The standard InChI is InChI=1S/C9H18N2O/c1-10-5-7-3-9(12)4-8(6-10)11(7)2/h7-9,12H,3-6H2,1-2H3. The second kappa shape index (κ2) is 2.98. The number of piperazine rings is 1. The normalized spacial score (nSPS) is 44.8. The monoisotopic (exact) mass is 170 g/mol. The third-order valence-corrected chi connectivity index (χ3v) is 3.29. The Labute approximate surface area is 74.0 Å². The molecule has 2 fully saturated rings. The predicted molar refractivity (Wildman–Crippen MR) is 48.1 cm³/mol. The molecule has 2 aliphatic rings. The van der Waals surface area contributed by atoms with E-state index in [1.54, 1.807) is 0 Å². The first-order valence-electron chi connectivity index (χ1n) is 4.75. The van der Waals surface area contributed by atoms with Gasteiger partial charge in [0.1, 0.15) is 0 Å². The van der Waals surface area contributed by atoms with Crippen LogP contribution in [0.1, 0.15) is 12.8 Å². The van der Waals surface area contributed by atoms with Crippen LogP contribution in [0.25, 0.3) is 0 Å². The number of hydrogen-bond donors (Lipinski definition) is 1. The topological polar surface area (TPSA) is 26.7 Å². The average Bonchev–Trinajstić information content (AvgIpc) is 1.94. The Balaban J connectivity index is 2.08. The molecule has 70 valence electrons. The zero-order valence-corrected chi connectivity index (χ0v) is 7.90. The highest BCUT2D eigenvalue weighted by Crippen LogP contribution is 2.26. The lowest BCUT2D eigenvalue weighted by atomic mass is 9.90. The van der Waals surface area contributed by atoms with Crippen LogP contribution in [-0.4, -0.2) is 60.3 Å². The van der Waals surface area contributed by atoms with Crippen molar-refractivity contribution < 1.29 is 5.11 Å². The second-order valence-corrected chi connectivity index (χ2v) is 4.32. The Kier molecular flexibility index (Phi) is 2.10. The maximum absolute atomic E-state index is 9.57. The minimum absolute atomic E-state index is 0.0510. The summed E-state index contributed by atoms with van der Waals surface area (Å²) in [5.74, 6) is 0. The van der Waals surface area contributed by atoms with E-state index in [4.69, 9.17) is 0 Å². The summed E-state index contributed by atoms with van der Waals surface area (Å²) in [5.41, 5.74) is 0. The largest absolute Gasteiger partial charge is 0.393 e. The maximum Gasteiger partial charge on any atom is 0.0571 e. The molecule has 0 aliphatic carbocycles. The summed E-state index contributed by atoms with van der Waals surface area (Å²) in [7, 11) is 4.36. The van der Waals surface area contributed by atoms with Crippen LogP contribution < -0.4 is 0 Å². The van der Waals surface area contributed by atoms with Gasteiger partial charge in [-0.2, -0.15) is 0 Å². The molecule has 2 atom stereocenters. The minimum Gasteiger partial charge on any atom is -0.393 e. The van der Waals surface area contributed by atoms with E-state index < -0.39 is 0 Å². The molecule has 2 rings (SSSR count). The van der Waals surface area contributed by atoms with Crippen LogP contribution in [0.5, 0.6) is 0 Å². The molecular weight excluding hydrogens is 152 g/mol. The van der Waals surface area contributed by atoms with Crippen molar-refractivity contribution in [1.29, 1.82) is 0 Å². The highest BCUT2D eigenvalue weighted by molar-refractivity contribution is 4.93. The Morgan fingerprint density at radius 2 is 1.58 bits per heavy atom. The van der Waals surface area contributed by atoms with E-state index in [0.29, 0.717) is 12.1 Å². The van der Waals surface area contributed by atoms with Gasteiger partial charge in [0.25, 0.3) is 0 Å². The van der Waals surface area contributed by atoms with Crippen LogP contribution in [0.15, 0.2) is 0 Å².